The molecule has 3 saturated heterocycles. The zero-order valence-electron chi connectivity index (χ0n) is 59.3. The lowest BCUT2D eigenvalue weighted by atomic mass is 9.85. The number of benzene rings is 4. The average Bonchev–Trinajstić information content (AvgIpc) is 0.743. The van der Waals surface area contributed by atoms with Gasteiger partial charge in [0, 0.05) is 40.5 Å². The third kappa shape index (κ3) is 21.4. The molecule has 3 aliphatic heterocycles. The maximum atomic E-state index is 15.3. The van der Waals surface area contributed by atoms with Gasteiger partial charge in [-0.3, -0.25) is 4.79 Å². The quantitative estimate of drug-likeness (QED) is 0.0105. The van der Waals surface area contributed by atoms with E-state index in [1.54, 1.807) is 26.4 Å². The van der Waals surface area contributed by atoms with Gasteiger partial charge in [0.2, 0.25) is 9.39 Å². The number of methoxy groups -OCH3 is 4. The lowest BCUT2D eigenvalue weighted by Gasteiger charge is -2.54. The Morgan fingerprint density at radius 3 is 1.52 bits per heavy atom. The molecule has 9 unspecified atom stereocenters. The van der Waals surface area contributed by atoms with Crippen molar-refractivity contribution >= 4 is 65.4 Å². The molecule has 4 aromatic rings. The fourth-order valence-electron chi connectivity index (χ4n) is 12.6. The van der Waals surface area contributed by atoms with Crippen molar-refractivity contribution in [3.05, 3.63) is 133 Å². The van der Waals surface area contributed by atoms with Crippen LogP contribution in [0.2, 0.25) is 5.04 Å². The van der Waals surface area contributed by atoms with E-state index in [2.05, 4.69) is 20.4 Å². The molecule has 552 valence electrons. The maximum Gasteiger partial charge on any atom is 0.345 e. The first-order chi connectivity index (χ1) is 47.6. The highest BCUT2D eigenvalue weighted by molar-refractivity contribution is 6.98. The number of halogens is 3. The summed E-state index contributed by atoms with van der Waals surface area (Å²) >= 11 is 19.7. The van der Waals surface area contributed by atoms with Crippen LogP contribution in [0, 0.1) is 0 Å². The molecule has 25 heteroatoms. The molecule has 0 amide bonds. The summed E-state index contributed by atoms with van der Waals surface area (Å²) in [6.45, 7) is 18.5. The SMILES string of the molecule is C=CC1(C(=O)OC)O[C@@H](O[C@@H]2C(CCC(C)(C)[Si](O)(c3ccccc3)c3ccccc3)O[C@@H](OC(N)C(Cl)(Cl)Cl)C(OCc3ccc(OC)cc3)C2OCc2ccc(OC)cc2)C(OCCCC)[C@@H](OC)[C@@H]1O[C@@H]1OC(COC(C)=O)[C@@H](OCCCC)C(OCCCC)C1OCCCC. The van der Waals surface area contributed by atoms with Crippen LogP contribution in [0.3, 0.4) is 0 Å². The van der Waals surface area contributed by atoms with Crippen LogP contribution in [0.1, 0.15) is 124 Å². The molecule has 3 aliphatic rings. The van der Waals surface area contributed by atoms with Crippen LogP contribution in [0.25, 0.3) is 0 Å². The van der Waals surface area contributed by atoms with E-state index in [0.717, 1.165) is 53.6 Å². The van der Waals surface area contributed by atoms with Crippen molar-refractivity contribution in [2.24, 2.45) is 5.73 Å². The summed E-state index contributed by atoms with van der Waals surface area (Å²) in [5.41, 5.74) is 5.77. The number of alkyl halides is 3. The summed E-state index contributed by atoms with van der Waals surface area (Å²) in [5, 5.41) is 0.688. The number of nitrogens with two attached hydrogens (primary N) is 1. The molecule has 3 fully saturated rings. The van der Waals surface area contributed by atoms with E-state index in [9.17, 15) is 9.59 Å². The van der Waals surface area contributed by atoms with E-state index < -0.39 is 127 Å². The van der Waals surface area contributed by atoms with E-state index in [-0.39, 0.29) is 45.9 Å². The largest absolute Gasteiger partial charge is 0.497 e. The lowest BCUT2D eigenvalue weighted by Crippen LogP contribution is -2.72. The van der Waals surface area contributed by atoms with Crippen molar-refractivity contribution in [1.82, 2.24) is 0 Å². The molecule has 0 bridgehead atoms. The molecular formula is C74H106Cl3NO20Si. The Balaban J connectivity index is 1.43. The van der Waals surface area contributed by atoms with Crippen molar-refractivity contribution in [2.75, 3.05) is 61.5 Å². The molecule has 16 atom stereocenters. The second-order valence-electron chi connectivity index (χ2n) is 25.7. The van der Waals surface area contributed by atoms with E-state index in [1.165, 1.54) is 27.2 Å². The van der Waals surface area contributed by atoms with Gasteiger partial charge in [-0.25, -0.2) is 4.79 Å². The third-order valence-corrected chi connectivity index (χ3v) is 23.6. The predicted molar refractivity (Wildman–Crippen MR) is 379 cm³/mol. The molecule has 3 heterocycles. The van der Waals surface area contributed by atoms with Gasteiger partial charge in [-0.15, -0.1) is 0 Å². The monoisotopic (exact) mass is 1460 g/mol. The summed E-state index contributed by atoms with van der Waals surface area (Å²) in [7, 11) is 2.09. The molecule has 7 rings (SSSR count). The summed E-state index contributed by atoms with van der Waals surface area (Å²) in [6.07, 6.45) is -11.2. The predicted octanol–water partition coefficient (Wildman–Crippen LogP) is 11.2. The van der Waals surface area contributed by atoms with Crippen LogP contribution in [-0.2, 0) is 93.9 Å². The van der Waals surface area contributed by atoms with E-state index in [4.69, 9.17) is 121 Å². The van der Waals surface area contributed by atoms with Crippen molar-refractivity contribution in [3.8, 4) is 11.5 Å². The smallest absolute Gasteiger partial charge is 0.345 e. The van der Waals surface area contributed by atoms with Crippen LogP contribution in [0.15, 0.2) is 122 Å². The fourth-order valence-corrected chi connectivity index (χ4v) is 16.5. The van der Waals surface area contributed by atoms with Crippen molar-refractivity contribution in [1.29, 1.82) is 0 Å². The van der Waals surface area contributed by atoms with Gasteiger partial charge >= 0.3 is 11.9 Å². The van der Waals surface area contributed by atoms with Gasteiger partial charge < -0.3 is 91.1 Å². The Labute approximate surface area is 601 Å². The molecule has 21 nitrogen and oxygen atoms in total. The zero-order valence-corrected chi connectivity index (χ0v) is 62.5. The number of carbonyl (C=O) groups is 2. The highest BCUT2D eigenvalue weighted by Crippen LogP contribution is 2.46. The van der Waals surface area contributed by atoms with Gasteiger partial charge in [0.05, 0.1) is 40.6 Å². The van der Waals surface area contributed by atoms with Crippen LogP contribution < -0.4 is 25.6 Å². The Bertz CT molecular complexity index is 2960. The molecule has 0 radical (unpaired) electrons. The van der Waals surface area contributed by atoms with Crippen molar-refractivity contribution in [3.63, 3.8) is 0 Å². The Morgan fingerprint density at radius 1 is 0.606 bits per heavy atom. The third-order valence-electron chi connectivity index (χ3n) is 18.4. The van der Waals surface area contributed by atoms with Gasteiger partial charge in [-0.05, 0) is 95.4 Å². The molecule has 0 saturated carbocycles. The molecule has 4 aromatic carbocycles. The maximum absolute atomic E-state index is 15.3. The Hall–Kier alpha value is -4.35. The van der Waals surface area contributed by atoms with Crippen LogP contribution >= 0.6 is 34.8 Å². The highest BCUT2D eigenvalue weighted by atomic mass is 35.6. The minimum absolute atomic E-state index is 0.0555. The molecule has 0 aliphatic carbocycles. The number of hydrogen-bond donors (Lipinski definition) is 2. The number of hydrogen-bond acceptors (Lipinski definition) is 21. The first kappa shape index (κ1) is 81.9. The van der Waals surface area contributed by atoms with Gasteiger partial charge in [-0.1, -0.05) is 194 Å². The van der Waals surface area contributed by atoms with Gasteiger partial charge in [0.15, 0.2) is 25.1 Å². The first-order valence-corrected chi connectivity index (χ1v) is 37.6. The van der Waals surface area contributed by atoms with Crippen LogP contribution in [-0.4, -0.2) is 188 Å². The van der Waals surface area contributed by atoms with Gasteiger partial charge in [-0.2, -0.15) is 0 Å². The van der Waals surface area contributed by atoms with Crippen LogP contribution in [0.4, 0.5) is 0 Å². The Morgan fingerprint density at radius 2 is 1.06 bits per heavy atom. The normalized spacial score (nSPS) is 27.1. The first-order valence-electron chi connectivity index (χ1n) is 34.6. The molecule has 0 spiro atoms. The topological polar surface area (TPSA) is 237 Å². The van der Waals surface area contributed by atoms with Crippen molar-refractivity contribution in [2.45, 2.75) is 233 Å². The number of rotatable bonds is 41. The number of ether oxygens (including phenoxy) is 17. The second-order valence-corrected chi connectivity index (χ2v) is 32.0. The summed E-state index contributed by atoms with van der Waals surface area (Å²) in [6, 6.07) is 34.0. The average molecular weight is 1460 g/mol. The molecule has 3 N–H and O–H groups in total. The lowest BCUT2D eigenvalue weighted by molar-refractivity contribution is -0.397. The zero-order chi connectivity index (χ0) is 71.8. The summed E-state index contributed by atoms with van der Waals surface area (Å²) in [4.78, 5) is 41.6. The Kier molecular flexibility index (Phi) is 33.2. The van der Waals surface area contributed by atoms with E-state index in [1.807, 2.05) is 125 Å². The minimum atomic E-state index is -3.73. The molecule has 0 aromatic heterocycles. The summed E-state index contributed by atoms with van der Waals surface area (Å²) < 4.78 is 111. The molecular weight excluding hydrogens is 1360 g/mol. The van der Waals surface area contributed by atoms with Crippen molar-refractivity contribution < 1.29 is 94.9 Å². The highest BCUT2D eigenvalue weighted by Gasteiger charge is 2.64. The fraction of sp³-hybridized carbons (Fsp3) is 0.622. The van der Waals surface area contributed by atoms with Gasteiger partial charge in [0.25, 0.3) is 8.32 Å². The van der Waals surface area contributed by atoms with Gasteiger partial charge in [0.1, 0.15) is 79.1 Å². The van der Waals surface area contributed by atoms with Crippen LogP contribution in [0.5, 0.6) is 11.5 Å². The minimum Gasteiger partial charge on any atom is -0.497 e. The number of unbranched alkanes of at least 4 members (excludes halogenated alkanes) is 4. The number of carbonyl (C=O) groups excluding carboxylic acids is 2. The standard InChI is InChI=1S/C74H106Cl3NO20Si/c1-13-18-42-86-58-57(48-90-49(6)79)94-67(63(88-44-20-15-3)60(58)87-43-19-14-2)96-66-62(84-11)65(89-45-21-16-4)69(98-73(66,17-5)71(80)85-12)95-59-56(40-41-72(7,8)99(81,54-28-24-22-25-29-54)55-30-26-23-27-31-55)93-68(97-70(78)74(75,76)77)64(92-47-51-34-38-53(83-10)39-35-51)61(59)91-46-50-32-36-52(82-9)37-33-50/h17,22-39,56-70,81H,5,13-16,18-21,40-48,78H2,1-4,6-12H3/t56?,57?,58-,59-,60?,61?,62-,63?,64?,65?,66+,67+,68+,69-,70?,73?/m1/s1. The van der Waals surface area contributed by atoms with E-state index >= 15 is 4.79 Å². The molecule has 99 heavy (non-hydrogen) atoms. The second kappa shape index (κ2) is 40.1. The van der Waals surface area contributed by atoms with E-state index in [0.29, 0.717) is 44.0 Å². The number of esters is 2. The summed E-state index contributed by atoms with van der Waals surface area (Å²) in [5.74, 6) is -0.264.